The van der Waals surface area contributed by atoms with Crippen molar-refractivity contribution in [1.82, 2.24) is 19.8 Å². The molecule has 7 nitrogen and oxygen atoms in total. The SMILES string of the molecule is COc1ccc(NC2=CN(c3ccc(CN4CCN(C)CC4)cc3)Cc3[nH]ccc32)cn1. The van der Waals surface area contributed by atoms with Crippen LogP contribution >= 0.6 is 0 Å². The lowest BCUT2D eigenvalue weighted by molar-refractivity contribution is 0.148. The number of benzene rings is 1. The second-order valence-electron chi connectivity index (χ2n) is 8.50. The van der Waals surface area contributed by atoms with Crippen molar-refractivity contribution in [1.29, 1.82) is 0 Å². The molecule has 0 bridgehead atoms. The number of H-pyrrole nitrogens is 1. The minimum atomic E-state index is 0.605. The van der Waals surface area contributed by atoms with Gasteiger partial charge >= 0.3 is 0 Å². The van der Waals surface area contributed by atoms with Gasteiger partial charge in [-0.1, -0.05) is 12.1 Å². The highest BCUT2D eigenvalue weighted by molar-refractivity contribution is 5.81. The van der Waals surface area contributed by atoms with E-state index in [0.717, 1.165) is 50.7 Å². The summed E-state index contributed by atoms with van der Waals surface area (Å²) in [4.78, 5) is 14.9. The van der Waals surface area contributed by atoms with Gasteiger partial charge in [-0.3, -0.25) is 4.90 Å². The van der Waals surface area contributed by atoms with E-state index in [1.54, 1.807) is 13.3 Å². The number of hydrogen-bond acceptors (Lipinski definition) is 6. The lowest BCUT2D eigenvalue weighted by Gasteiger charge is -2.32. The number of likely N-dealkylation sites (N-methyl/N-ethyl adjacent to an activating group) is 1. The molecule has 166 valence electrons. The van der Waals surface area contributed by atoms with E-state index in [0.29, 0.717) is 5.88 Å². The van der Waals surface area contributed by atoms with Gasteiger partial charge in [-0.15, -0.1) is 0 Å². The maximum absolute atomic E-state index is 5.17. The van der Waals surface area contributed by atoms with Crippen molar-refractivity contribution in [2.45, 2.75) is 13.1 Å². The van der Waals surface area contributed by atoms with Crippen LogP contribution in [0.3, 0.4) is 0 Å². The van der Waals surface area contributed by atoms with Crippen molar-refractivity contribution in [3.8, 4) is 5.88 Å². The molecule has 4 heterocycles. The van der Waals surface area contributed by atoms with Gasteiger partial charge in [0.1, 0.15) is 0 Å². The molecule has 0 amide bonds. The summed E-state index contributed by atoms with van der Waals surface area (Å²) in [5.41, 5.74) is 6.89. The molecule has 2 aliphatic rings. The first-order valence-electron chi connectivity index (χ1n) is 11.1. The van der Waals surface area contributed by atoms with Crippen LogP contribution in [0.5, 0.6) is 5.88 Å². The van der Waals surface area contributed by atoms with E-state index in [1.807, 2.05) is 18.3 Å². The zero-order valence-corrected chi connectivity index (χ0v) is 18.7. The molecule has 0 aliphatic carbocycles. The third-order valence-corrected chi connectivity index (χ3v) is 6.23. The van der Waals surface area contributed by atoms with E-state index in [2.05, 4.69) is 73.6 Å². The average molecular weight is 431 g/mol. The monoisotopic (exact) mass is 430 g/mol. The molecule has 2 aromatic heterocycles. The number of hydrogen-bond donors (Lipinski definition) is 2. The van der Waals surface area contributed by atoms with Crippen LogP contribution in [0, 0.1) is 0 Å². The Labute approximate surface area is 189 Å². The van der Waals surface area contributed by atoms with E-state index in [9.17, 15) is 0 Å². The molecule has 32 heavy (non-hydrogen) atoms. The van der Waals surface area contributed by atoms with Crippen molar-refractivity contribution >= 4 is 17.1 Å². The standard InChI is InChI=1S/C25H30N6O/c1-29-11-13-30(14-12-29)16-19-3-6-21(7-4-19)31-17-23-22(9-10-26-23)24(18-31)28-20-5-8-25(32-2)27-15-20/h3-10,15,18,26,28H,11-14,16-17H2,1-2H3. The van der Waals surface area contributed by atoms with Crippen molar-refractivity contribution in [2.75, 3.05) is 50.6 Å². The lowest BCUT2D eigenvalue weighted by atomic mass is 10.1. The van der Waals surface area contributed by atoms with Crippen molar-refractivity contribution < 1.29 is 4.74 Å². The van der Waals surface area contributed by atoms with Crippen molar-refractivity contribution in [2.24, 2.45) is 0 Å². The number of fused-ring (bicyclic) bond motifs is 1. The van der Waals surface area contributed by atoms with E-state index >= 15 is 0 Å². The van der Waals surface area contributed by atoms with Gasteiger partial charge in [-0.25, -0.2) is 4.98 Å². The summed E-state index contributed by atoms with van der Waals surface area (Å²) in [5, 5.41) is 3.51. The highest BCUT2D eigenvalue weighted by Crippen LogP contribution is 2.31. The van der Waals surface area contributed by atoms with Gasteiger partial charge in [-0.2, -0.15) is 0 Å². The first kappa shape index (κ1) is 20.6. The summed E-state index contributed by atoms with van der Waals surface area (Å²) in [6.07, 6.45) is 5.96. The maximum Gasteiger partial charge on any atom is 0.213 e. The van der Waals surface area contributed by atoms with Gasteiger partial charge in [-0.05, 0) is 36.9 Å². The molecule has 1 saturated heterocycles. The molecule has 2 aliphatic heterocycles. The number of aromatic amines is 1. The van der Waals surface area contributed by atoms with Crippen molar-refractivity contribution in [3.05, 3.63) is 77.9 Å². The number of anilines is 2. The summed E-state index contributed by atoms with van der Waals surface area (Å²) in [6, 6.07) is 14.9. The Balaban J connectivity index is 1.32. The molecule has 3 aromatic rings. The van der Waals surface area contributed by atoms with Crippen LogP contribution in [0.25, 0.3) is 5.70 Å². The van der Waals surface area contributed by atoms with Crippen LogP contribution in [0.1, 0.15) is 16.8 Å². The summed E-state index contributed by atoms with van der Waals surface area (Å²) in [5.74, 6) is 0.605. The quantitative estimate of drug-likeness (QED) is 0.623. The molecule has 0 unspecified atom stereocenters. The minimum Gasteiger partial charge on any atom is -0.481 e. The Kier molecular flexibility index (Phi) is 5.83. The first-order chi connectivity index (χ1) is 15.7. The third-order valence-electron chi connectivity index (χ3n) is 6.23. The van der Waals surface area contributed by atoms with Crippen molar-refractivity contribution in [3.63, 3.8) is 0 Å². The molecule has 7 heteroatoms. The molecule has 0 saturated carbocycles. The summed E-state index contributed by atoms with van der Waals surface area (Å²) >= 11 is 0. The number of methoxy groups -OCH3 is 1. The maximum atomic E-state index is 5.17. The fourth-order valence-corrected chi connectivity index (χ4v) is 4.28. The number of piperazine rings is 1. The van der Waals surface area contributed by atoms with Crippen LogP contribution in [0.15, 0.2) is 61.1 Å². The molecule has 1 aromatic carbocycles. The van der Waals surface area contributed by atoms with Crippen LogP contribution in [-0.2, 0) is 13.1 Å². The van der Waals surface area contributed by atoms with Gasteiger partial charge in [0.15, 0.2) is 0 Å². The fraction of sp³-hybridized carbons (Fsp3) is 0.320. The smallest absolute Gasteiger partial charge is 0.213 e. The normalized spacial score (nSPS) is 17.1. The van der Waals surface area contributed by atoms with Crippen LogP contribution in [-0.4, -0.2) is 60.1 Å². The van der Waals surface area contributed by atoms with Gasteiger partial charge in [0.2, 0.25) is 5.88 Å². The Hall–Kier alpha value is -3.29. The first-order valence-corrected chi connectivity index (χ1v) is 11.1. The molecule has 0 radical (unpaired) electrons. The van der Waals surface area contributed by atoms with Gasteiger partial charge in [0, 0.05) is 68.1 Å². The largest absolute Gasteiger partial charge is 0.481 e. The highest BCUT2D eigenvalue weighted by atomic mass is 16.5. The zero-order valence-electron chi connectivity index (χ0n) is 18.7. The predicted molar refractivity (Wildman–Crippen MR) is 129 cm³/mol. The molecule has 0 atom stereocenters. The van der Waals surface area contributed by atoms with Crippen LogP contribution in [0.4, 0.5) is 11.4 Å². The molecule has 5 rings (SSSR count). The van der Waals surface area contributed by atoms with E-state index in [1.165, 1.54) is 22.5 Å². The molecular formula is C25H30N6O. The number of nitrogens with one attached hydrogen (secondary N) is 2. The molecule has 1 fully saturated rings. The van der Waals surface area contributed by atoms with Gasteiger partial charge < -0.3 is 24.8 Å². The Morgan fingerprint density at radius 3 is 2.56 bits per heavy atom. The Morgan fingerprint density at radius 1 is 1.03 bits per heavy atom. The fourth-order valence-electron chi connectivity index (χ4n) is 4.28. The Morgan fingerprint density at radius 2 is 1.84 bits per heavy atom. The van der Waals surface area contributed by atoms with Gasteiger partial charge in [0.05, 0.1) is 31.2 Å². The predicted octanol–water partition coefficient (Wildman–Crippen LogP) is 3.60. The van der Waals surface area contributed by atoms with Crippen LogP contribution < -0.4 is 15.0 Å². The number of nitrogens with zero attached hydrogens (tertiary/aromatic N) is 4. The highest BCUT2D eigenvalue weighted by Gasteiger charge is 2.20. The Bertz CT molecular complexity index is 1060. The zero-order chi connectivity index (χ0) is 21.9. The number of rotatable bonds is 6. The van der Waals surface area contributed by atoms with Crippen LogP contribution in [0.2, 0.25) is 0 Å². The van der Waals surface area contributed by atoms with E-state index < -0.39 is 0 Å². The summed E-state index contributed by atoms with van der Waals surface area (Å²) in [7, 11) is 3.82. The molecule has 2 N–H and O–H groups in total. The summed E-state index contributed by atoms with van der Waals surface area (Å²) in [6.45, 7) is 6.40. The third kappa shape index (κ3) is 4.49. The average Bonchev–Trinajstić information content (AvgIpc) is 3.31. The molecular weight excluding hydrogens is 400 g/mol. The summed E-state index contributed by atoms with van der Waals surface area (Å²) < 4.78 is 5.17. The molecule has 0 spiro atoms. The second-order valence-corrected chi connectivity index (χ2v) is 8.50. The number of ether oxygens (including phenoxy) is 1. The van der Waals surface area contributed by atoms with E-state index in [-0.39, 0.29) is 0 Å². The van der Waals surface area contributed by atoms with E-state index in [4.69, 9.17) is 4.74 Å². The van der Waals surface area contributed by atoms with Gasteiger partial charge in [0.25, 0.3) is 0 Å². The number of aromatic nitrogens is 2. The minimum absolute atomic E-state index is 0.605. The number of pyridine rings is 1. The topological polar surface area (TPSA) is 59.7 Å². The second kappa shape index (κ2) is 9.06. The lowest BCUT2D eigenvalue weighted by Crippen LogP contribution is -2.43.